The molecule has 3 aromatic rings. The molecule has 1 aliphatic heterocycles. The molecule has 2 aromatic heterocycles. The van der Waals surface area contributed by atoms with Gasteiger partial charge in [-0.05, 0) is 73.8 Å². The number of aryl methyl sites for hydroxylation is 1. The van der Waals surface area contributed by atoms with Crippen LogP contribution in [0.15, 0.2) is 52.5 Å². The summed E-state index contributed by atoms with van der Waals surface area (Å²) in [5, 5.41) is 11.4. The molecule has 3 heterocycles. The second-order valence-electron chi connectivity index (χ2n) is 7.05. The molecule has 4 rings (SSSR count). The van der Waals surface area contributed by atoms with E-state index in [9.17, 15) is 5.11 Å². The van der Waals surface area contributed by atoms with E-state index in [4.69, 9.17) is 4.42 Å². The molecule has 1 fully saturated rings. The van der Waals surface area contributed by atoms with Crippen molar-refractivity contribution in [2.45, 2.75) is 32.2 Å². The van der Waals surface area contributed by atoms with Crippen LogP contribution in [0.4, 0.5) is 0 Å². The van der Waals surface area contributed by atoms with Gasteiger partial charge >= 0.3 is 0 Å². The van der Waals surface area contributed by atoms with Gasteiger partial charge in [0, 0.05) is 6.54 Å². The molecule has 0 amide bonds. The fourth-order valence-corrected chi connectivity index (χ4v) is 4.24. The summed E-state index contributed by atoms with van der Waals surface area (Å²) in [4.78, 5) is 8.20. The Hall–Kier alpha value is -2.11. The van der Waals surface area contributed by atoms with E-state index >= 15 is 0 Å². The fourth-order valence-electron chi connectivity index (χ4n) is 3.59. The maximum absolute atomic E-state index is 9.36. The van der Waals surface area contributed by atoms with E-state index < -0.39 is 0 Å². The number of phenolic OH excluding ortho intramolecular Hbond substituents is 1. The minimum absolute atomic E-state index is 0.345. The van der Waals surface area contributed by atoms with Gasteiger partial charge in [0.15, 0.2) is 0 Å². The zero-order valence-corrected chi connectivity index (χ0v) is 15.6. The molecule has 4 nitrogen and oxygen atoms in total. The number of aromatic hydroxyl groups is 1. The van der Waals surface area contributed by atoms with Crippen molar-refractivity contribution < 1.29 is 9.52 Å². The number of oxazole rings is 1. The molecule has 26 heavy (non-hydrogen) atoms. The van der Waals surface area contributed by atoms with Crippen molar-refractivity contribution >= 4 is 11.3 Å². The zero-order chi connectivity index (χ0) is 17.8. The first-order valence-corrected chi connectivity index (χ1v) is 10.1. The first-order valence-electron chi connectivity index (χ1n) is 9.25. The highest BCUT2D eigenvalue weighted by Gasteiger charge is 2.20. The number of piperidine rings is 1. The van der Waals surface area contributed by atoms with Gasteiger partial charge in [-0.25, -0.2) is 4.98 Å². The Balaban J connectivity index is 1.23. The molecule has 1 aromatic carbocycles. The summed E-state index contributed by atoms with van der Waals surface area (Å²) >= 11 is 1.66. The van der Waals surface area contributed by atoms with Crippen LogP contribution in [0, 0.1) is 5.92 Å². The molecule has 136 valence electrons. The number of phenols is 1. The van der Waals surface area contributed by atoms with Gasteiger partial charge in [0.2, 0.25) is 5.89 Å². The lowest BCUT2D eigenvalue weighted by Crippen LogP contribution is -2.33. The topological polar surface area (TPSA) is 49.5 Å². The van der Waals surface area contributed by atoms with Crippen molar-refractivity contribution in [1.29, 1.82) is 0 Å². The molecule has 0 unspecified atom stereocenters. The molecule has 0 bridgehead atoms. The maximum atomic E-state index is 9.36. The predicted molar refractivity (Wildman–Crippen MR) is 104 cm³/mol. The molecule has 1 aliphatic rings. The summed E-state index contributed by atoms with van der Waals surface area (Å²) in [5.74, 6) is 1.87. The number of likely N-dealkylation sites (tertiary alicyclic amines) is 1. The largest absolute Gasteiger partial charge is 0.508 e. The van der Waals surface area contributed by atoms with Gasteiger partial charge in [-0.15, -0.1) is 11.3 Å². The highest BCUT2D eigenvalue weighted by atomic mass is 32.1. The van der Waals surface area contributed by atoms with Crippen LogP contribution in [-0.4, -0.2) is 28.1 Å². The highest BCUT2D eigenvalue weighted by Crippen LogP contribution is 2.26. The SMILES string of the molecule is Oc1ccc(CCC2CCN(Cc3coc(-c4cccs4)n3)CC2)cc1. The van der Waals surface area contributed by atoms with Crippen molar-refractivity contribution in [3.05, 3.63) is 59.3 Å². The Morgan fingerprint density at radius 3 is 2.69 bits per heavy atom. The van der Waals surface area contributed by atoms with E-state index in [1.165, 1.54) is 24.8 Å². The van der Waals surface area contributed by atoms with Gasteiger partial charge in [-0.2, -0.15) is 0 Å². The molecule has 0 radical (unpaired) electrons. The second kappa shape index (κ2) is 8.06. The van der Waals surface area contributed by atoms with Crippen LogP contribution in [0.2, 0.25) is 0 Å². The average Bonchev–Trinajstić information content (AvgIpc) is 3.34. The fraction of sp³-hybridized carbons (Fsp3) is 0.381. The number of rotatable bonds is 6. The lowest BCUT2D eigenvalue weighted by Gasteiger charge is -2.31. The summed E-state index contributed by atoms with van der Waals surface area (Å²) in [7, 11) is 0. The van der Waals surface area contributed by atoms with E-state index in [1.54, 1.807) is 29.7 Å². The third kappa shape index (κ3) is 4.34. The van der Waals surface area contributed by atoms with Crippen LogP contribution < -0.4 is 0 Å². The first kappa shape index (κ1) is 17.3. The molecule has 0 saturated carbocycles. The number of hydrogen-bond donors (Lipinski definition) is 1. The second-order valence-corrected chi connectivity index (χ2v) is 7.99. The van der Waals surface area contributed by atoms with Crippen LogP contribution >= 0.6 is 11.3 Å². The molecular formula is C21H24N2O2S. The average molecular weight is 369 g/mol. The predicted octanol–water partition coefficient (Wildman–Crippen LogP) is 4.95. The Bertz CT molecular complexity index is 803. The third-order valence-corrected chi connectivity index (χ3v) is 6.01. The Kier molecular flexibility index (Phi) is 5.37. The highest BCUT2D eigenvalue weighted by molar-refractivity contribution is 7.13. The van der Waals surface area contributed by atoms with Crippen LogP contribution in [-0.2, 0) is 13.0 Å². The van der Waals surface area contributed by atoms with Crippen LogP contribution in [0.3, 0.4) is 0 Å². The molecule has 0 aliphatic carbocycles. The molecule has 1 saturated heterocycles. The summed E-state index contributed by atoms with van der Waals surface area (Å²) in [6.45, 7) is 3.13. The molecule has 0 atom stereocenters. The van der Waals surface area contributed by atoms with Crippen LogP contribution in [0.25, 0.3) is 10.8 Å². The van der Waals surface area contributed by atoms with Crippen molar-refractivity contribution in [2.24, 2.45) is 5.92 Å². The van der Waals surface area contributed by atoms with Gasteiger partial charge < -0.3 is 9.52 Å². The normalized spacial score (nSPS) is 16.2. The minimum Gasteiger partial charge on any atom is -0.508 e. The van der Waals surface area contributed by atoms with E-state index in [0.717, 1.165) is 48.4 Å². The van der Waals surface area contributed by atoms with E-state index in [1.807, 2.05) is 29.6 Å². The van der Waals surface area contributed by atoms with Gasteiger partial charge in [-0.3, -0.25) is 4.90 Å². The summed E-state index contributed by atoms with van der Waals surface area (Å²) < 4.78 is 5.62. The molecule has 1 N–H and O–H groups in total. The molecule has 5 heteroatoms. The Labute approximate surface area is 158 Å². The smallest absolute Gasteiger partial charge is 0.236 e. The Morgan fingerprint density at radius 2 is 1.96 bits per heavy atom. The number of benzene rings is 1. The first-order chi connectivity index (χ1) is 12.8. The van der Waals surface area contributed by atoms with Gasteiger partial charge in [0.1, 0.15) is 12.0 Å². The van der Waals surface area contributed by atoms with Gasteiger partial charge in [-0.1, -0.05) is 18.2 Å². The molecule has 0 spiro atoms. The van der Waals surface area contributed by atoms with E-state index in [2.05, 4.69) is 9.88 Å². The van der Waals surface area contributed by atoms with Crippen LogP contribution in [0.1, 0.15) is 30.5 Å². The lowest BCUT2D eigenvalue weighted by molar-refractivity contribution is 0.171. The molecular weight excluding hydrogens is 344 g/mol. The number of hydrogen-bond acceptors (Lipinski definition) is 5. The lowest BCUT2D eigenvalue weighted by atomic mass is 9.90. The van der Waals surface area contributed by atoms with Crippen LogP contribution in [0.5, 0.6) is 5.75 Å². The maximum Gasteiger partial charge on any atom is 0.236 e. The van der Waals surface area contributed by atoms with Crippen molar-refractivity contribution in [3.63, 3.8) is 0 Å². The number of nitrogens with zero attached hydrogens (tertiary/aromatic N) is 2. The minimum atomic E-state index is 0.345. The standard InChI is InChI=1S/C21H24N2O2S/c24-19-7-5-16(6-8-19)3-4-17-9-11-23(12-10-17)14-18-15-25-21(22-18)20-2-1-13-26-20/h1-2,5-8,13,15,17,24H,3-4,9-12,14H2. The number of thiophene rings is 1. The van der Waals surface area contributed by atoms with Gasteiger partial charge in [0.25, 0.3) is 0 Å². The zero-order valence-electron chi connectivity index (χ0n) is 14.8. The quantitative estimate of drug-likeness (QED) is 0.668. The van der Waals surface area contributed by atoms with Crippen molar-refractivity contribution in [3.8, 4) is 16.5 Å². The van der Waals surface area contributed by atoms with Crippen molar-refractivity contribution in [1.82, 2.24) is 9.88 Å². The Morgan fingerprint density at radius 1 is 1.15 bits per heavy atom. The summed E-state index contributed by atoms with van der Waals surface area (Å²) in [6, 6.07) is 11.7. The monoisotopic (exact) mass is 368 g/mol. The van der Waals surface area contributed by atoms with E-state index in [0.29, 0.717) is 5.75 Å². The van der Waals surface area contributed by atoms with E-state index in [-0.39, 0.29) is 0 Å². The van der Waals surface area contributed by atoms with Gasteiger partial charge in [0.05, 0.1) is 10.6 Å². The number of aromatic nitrogens is 1. The summed E-state index contributed by atoms with van der Waals surface area (Å²) in [5.41, 5.74) is 2.34. The summed E-state index contributed by atoms with van der Waals surface area (Å²) in [6.07, 6.45) is 6.61. The van der Waals surface area contributed by atoms with Crippen molar-refractivity contribution in [2.75, 3.05) is 13.1 Å². The third-order valence-electron chi connectivity index (χ3n) is 5.15.